The van der Waals surface area contributed by atoms with Crippen LogP contribution in [-0.4, -0.2) is 41.3 Å². The van der Waals surface area contributed by atoms with Crippen LogP contribution in [0.2, 0.25) is 0 Å². The Bertz CT molecular complexity index is 924. The Labute approximate surface area is 172 Å². The second-order valence-corrected chi connectivity index (χ2v) is 9.90. The molecule has 1 saturated heterocycles. The Morgan fingerprint density at radius 1 is 1.10 bits per heavy atom. The minimum atomic E-state index is -3.35. The summed E-state index contributed by atoms with van der Waals surface area (Å²) in [7, 11) is -3.35. The van der Waals surface area contributed by atoms with Crippen molar-refractivity contribution in [3.05, 3.63) is 53.6 Å². The molecule has 29 heavy (non-hydrogen) atoms. The van der Waals surface area contributed by atoms with Gasteiger partial charge in [-0.05, 0) is 31.2 Å². The van der Waals surface area contributed by atoms with Crippen molar-refractivity contribution in [1.29, 1.82) is 0 Å². The Morgan fingerprint density at radius 2 is 1.86 bits per heavy atom. The van der Waals surface area contributed by atoms with Gasteiger partial charge in [-0.3, -0.25) is 4.79 Å². The van der Waals surface area contributed by atoms with E-state index in [1.807, 2.05) is 36.5 Å². The summed E-state index contributed by atoms with van der Waals surface area (Å²) in [4.78, 5) is 17.2. The molecule has 1 fully saturated rings. The van der Waals surface area contributed by atoms with Gasteiger partial charge in [0, 0.05) is 38.2 Å². The Balaban J connectivity index is 1.26. The van der Waals surface area contributed by atoms with E-state index >= 15 is 0 Å². The lowest BCUT2D eigenvalue weighted by Crippen LogP contribution is -2.43. The van der Waals surface area contributed by atoms with Gasteiger partial charge in [-0.15, -0.1) is 0 Å². The molecule has 0 atom stereocenters. The molecule has 1 N–H and O–H groups in total. The van der Waals surface area contributed by atoms with Crippen LogP contribution in [0.25, 0.3) is 0 Å². The van der Waals surface area contributed by atoms with E-state index in [-0.39, 0.29) is 17.6 Å². The van der Waals surface area contributed by atoms with Crippen molar-refractivity contribution in [2.75, 3.05) is 13.1 Å². The van der Waals surface area contributed by atoms with E-state index in [2.05, 4.69) is 14.9 Å². The number of hydrogen-bond donors (Lipinski definition) is 1. The number of piperidine rings is 1. The van der Waals surface area contributed by atoms with Crippen LogP contribution in [-0.2, 0) is 40.1 Å². The summed E-state index contributed by atoms with van der Waals surface area (Å²) in [6.45, 7) is 2.23. The third-order valence-electron chi connectivity index (χ3n) is 5.81. The number of hydrogen-bond acceptors (Lipinski definition) is 4. The zero-order valence-corrected chi connectivity index (χ0v) is 17.4. The molecule has 0 spiro atoms. The fraction of sp³-hybridized carbons (Fsp3) is 0.524. The quantitative estimate of drug-likeness (QED) is 0.781. The number of nitrogens with one attached hydrogen (secondary N) is 1. The third kappa shape index (κ3) is 4.87. The predicted molar refractivity (Wildman–Crippen MR) is 110 cm³/mol. The molecular formula is C21H28N4O3S. The van der Waals surface area contributed by atoms with Crippen LogP contribution in [0.1, 0.15) is 42.8 Å². The molecule has 2 aliphatic heterocycles. The van der Waals surface area contributed by atoms with Crippen molar-refractivity contribution in [3.8, 4) is 0 Å². The minimum absolute atomic E-state index is 0.00363. The Morgan fingerprint density at radius 3 is 2.59 bits per heavy atom. The highest BCUT2D eigenvalue weighted by Crippen LogP contribution is 2.22. The SMILES string of the molecule is O=C(NCc1cn2c(n1)CCCC2)C1CCN(S(=O)(=O)Cc2ccccc2)CC1. The number of aromatic nitrogens is 2. The predicted octanol–water partition coefficient (Wildman–Crippen LogP) is 2.08. The summed E-state index contributed by atoms with van der Waals surface area (Å²) in [5.74, 6) is 0.972. The molecule has 0 radical (unpaired) electrons. The van der Waals surface area contributed by atoms with E-state index in [0.717, 1.165) is 30.0 Å². The third-order valence-corrected chi connectivity index (χ3v) is 7.66. The van der Waals surface area contributed by atoms with E-state index in [1.54, 1.807) is 0 Å². The van der Waals surface area contributed by atoms with Crippen molar-refractivity contribution < 1.29 is 13.2 Å². The number of imidazole rings is 1. The first-order valence-corrected chi connectivity index (χ1v) is 12.0. The van der Waals surface area contributed by atoms with Crippen LogP contribution in [0.5, 0.6) is 0 Å². The fourth-order valence-electron chi connectivity index (χ4n) is 4.15. The minimum Gasteiger partial charge on any atom is -0.350 e. The average Bonchev–Trinajstić information content (AvgIpc) is 3.15. The second kappa shape index (κ2) is 8.67. The maximum absolute atomic E-state index is 12.7. The second-order valence-electron chi connectivity index (χ2n) is 7.93. The van der Waals surface area contributed by atoms with Crippen molar-refractivity contribution in [1.82, 2.24) is 19.2 Å². The fourth-order valence-corrected chi connectivity index (χ4v) is 5.71. The van der Waals surface area contributed by atoms with Crippen molar-refractivity contribution in [2.45, 2.75) is 50.9 Å². The summed E-state index contributed by atoms with van der Waals surface area (Å²) in [6.07, 6.45) is 6.51. The van der Waals surface area contributed by atoms with Crippen molar-refractivity contribution >= 4 is 15.9 Å². The summed E-state index contributed by atoms with van der Waals surface area (Å²) in [5.41, 5.74) is 1.69. The molecule has 0 aliphatic carbocycles. The Hall–Kier alpha value is -2.19. The van der Waals surface area contributed by atoms with Crippen molar-refractivity contribution in [2.24, 2.45) is 5.92 Å². The normalized spacial score (nSPS) is 18.3. The first-order valence-electron chi connectivity index (χ1n) is 10.4. The van der Waals surface area contributed by atoms with Gasteiger partial charge in [0.1, 0.15) is 5.82 Å². The lowest BCUT2D eigenvalue weighted by atomic mass is 9.97. The highest BCUT2D eigenvalue weighted by atomic mass is 32.2. The zero-order chi connectivity index (χ0) is 20.3. The molecule has 156 valence electrons. The van der Waals surface area contributed by atoms with Crippen LogP contribution in [0.4, 0.5) is 0 Å². The van der Waals surface area contributed by atoms with Gasteiger partial charge in [0.25, 0.3) is 0 Å². The molecule has 1 aromatic heterocycles. The molecule has 1 amide bonds. The van der Waals surface area contributed by atoms with Gasteiger partial charge >= 0.3 is 0 Å². The molecule has 2 aliphatic rings. The molecule has 0 unspecified atom stereocenters. The summed E-state index contributed by atoms with van der Waals surface area (Å²) < 4.78 is 29.0. The van der Waals surface area contributed by atoms with Crippen LogP contribution in [0.3, 0.4) is 0 Å². The molecular weight excluding hydrogens is 388 g/mol. The highest BCUT2D eigenvalue weighted by Gasteiger charge is 2.31. The van der Waals surface area contributed by atoms with Gasteiger partial charge < -0.3 is 9.88 Å². The van der Waals surface area contributed by atoms with E-state index in [1.165, 1.54) is 17.1 Å². The lowest BCUT2D eigenvalue weighted by molar-refractivity contribution is -0.126. The van der Waals surface area contributed by atoms with Gasteiger partial charge in [-0.2, -0.15) is 0 Å². The summed E-state index contributed by atoms with van der Waals surface area (Å²) in [5, 5.41) is 2.99. The smallest absolute Gasteiger partial charge is 0.223 e. The number of sulfonamides is 1. The van der Waals surface area contributed by atoms with E-state index in [4.69, 9.17) is 0 Å². The molecule has 0 saturated carbocycles. The lowest BCUT2D eigenvalue weighted by Gasteiger charge is -2.30. The topological polar surface area (TPSA) is 84.3 Å². The van der Waals surface area contributed by atoms with Gasteiger partial charge in [0.05, 0.1) is 18.0 Å². The highest BCUT2D eigenvalue weighted by molar-refractivity contribution is 7.88. The first kappa shape index (κ1) is 20.1. The van der Waals surface area contributed by atoms with E-state index in [9.17, 15) is 13.2 Å². The number of benzene rings is 1. The van der Waals surface area contributed by atoms with Crippen LogP contribution < -0.4 is 5.32 Å². The average molecular weight is 417 g/mol. The number of aryl methyl sites for hydroxylation is 2. The first-order chi connectivity index (χ1) is 14.0. The number of fused-ring (bicyclic) bond motifs is 1. The molecule has 0 bridgehead atoms. The molecule has 7 nitrogen and oxygen atoms in total. The van der Waals surface area contributed by atoms with Crippen LogP contribution in [0, 0.1) is 5.92 Å². The molecule has 3 heterocycles. The molecule has 2 aromatic rings. The maximum atomic E-state index is 12.7. The summed E-state index contributed by atoms with van der Waals surface area (Å²) >= 11 is 0. The monoisotopic (exact) mass is 416 g/mol. The van der Waals surface area contributed by atoms with Gasteiger partial charge in [0.2, 0.25) is 15.9 Å². The van der Waals surface area contributed by atoms with Gasteiger partial charge in [-0.1, -0.05) is 30.3 Å². The number of amides is 1. The van der Waals surface area contributed by atoms with Gasteiger partial charge in [0.15, 0.2) is 0 Å². The van der Waals surface area contributed by atoms with Crippen molar-refractivity contribution in [3.63, 3.8) is 0 Å². The standard InChI is InChI=1S/C21H28N4O3S/c26-21(22-14-19-15-24-11-5-4-8-20(24)23-19)18-9-12-25(13-10-18)29(27,28)16-17-6-2-1-3-7-17/h1-3,6-7,15,18H,4-5,8-14,16H2,(H,22,26). The number of carbonyl (C=O) groups is 1. The Kier molecular flexibility index (Phi) is 6.01. The number of carbonyl (C=O) groups excluding carboxylic acids is 1. The van der Waals surface area contributed by atoms with Crippen LogP contribution >= 0.6 is 0 Å². The van der Waals surface area contributed by atoms with E-state index in [0.29, 0.717) is 32.5 Å². The zero-order valence-electron chi connectivity index (χ0n) is 16.6. The van der Waals surface area contributed by atoms with Gasteiger partial charge in [-0.25, -0.2) is 17.7 Å². The van der Waals surface area contributed by atoms with Crippen LogP contribution in [0.15, 0.2) is 36.5 Å². The number of nitrogens with zero attached hydrogens (tertiary/aromatic N) is 3. The van der Waals surface area contributed by atoms with E-state index < -0.39 is 10.0 Å². The molecule has 4 rings (SSSR count). The maximum Gasteiger partial charge on any atom is 0.223 e. The number of rotatable bonds is 6. The molecule has 8 heteroatoms. The molecule has 1 aromatic carbocycles. The largest absolute Gasteiger partial charge is 0.350 e. The summed E-state index contributed by atoms with van der Waals surface area (Å²) in [6, 6.07) is 9.21.